The van der Waals surface area contributed by atoms with E-state index in [0.717, 1.165) is 12.1 Å². The van der Waals surface area contributed by atoms with E-state index < -0.39 is 26.6 Å². The van der Waals surface area contributed by atoms with Gasteiger partial charge in [-0.3, -0.25) is 9.52 Å². The second-order valence-corrected chi connectivity index (χ2v) is 7.37. The summed E-state index contributed by atoms with van der Waals surface area (Å²) in [5.41, 5.74) is 0.555. The molecule has 1 fully saturated rings. The summed E-state index contributed by atoms with van der Waals surface area (Å²) in [6, 6.07) is 6.60. The first-order valence-electron chi connectivity index (χ1n) is 7.78. The molecule has 1 saturated heterocycles. The molecular formula is C17H16F2N2O4S. The zero-order chi connectivity index (χ0) is 18.9. The van der Waals surface area contributed by atoms with Crippen LogP contribution in [0.2, 0.25) is 0 Å². The maximum atomic E-state index is 13.8. The lowest BCUT2D eigenvalue weighted by Gasteiger charge is -2.20. The third-order valence-electron chi connectivity index (χ3n) is 3.98. The van der Waals surface area contributed by atoms with Gasteiger partial charge in [0.25, 0.3) is 10.0 Å². The Morgan fingerprint density at radius 1 is 1.15 bits per heavy atom. The highest BCUT2D eigenvalue weighted by molar-refractivity contribution is 7.92. The molecule has 0 bridgehead atoms. The highest BCUT2D eigenvalue weighted by atomic mass is 32.2. The summed E-state index contributed by atoms with van der Waals surface area (Å²) in [7, 11) is -2.83. The van der Waals surface area contributed by atoms with Gasteiger partial charge in [0.05, 0.1) is 18.5 Å². The number of carbonyl (C=O) groups excluding carboxylic acids is 1. The van der Waals surface area contributed by atoms with Gasteiger partial charge < -0.3 is 9.64 Å². The summed E-state index contributed by atoms with van der Waals surface area (Å²) in [6.07, 6.45) is 1.10. The van der Waals surface area contributed by atoms with Crippen LogP contribution in [0, 0.1) is 11.6 Å². The lowest BCUT2D eigenvalue weighted by Crippen LogP contribution is -2.24. The zero-order valence-corrected chi connectivity index (χ0v) is 14.6. The number of sulfonamides is 1. The SMILES string of the molecule is COc1ccc(NS(=O)(=O)c2ccc(F)cc2F)cc1N1CCCC1=O. The van der Waals surface area contributed by atoms with Gasteiger partial charge in [-0.1, -0.05) is 0 Å². The first kappa shape index (κ1) is 18.1. The minimum Gasteiger partial charge on any atom is -0.495 e. The number of rotatable bonds is 5. The van der Waals surface area contributed by atoms with Gasteiger partial charge in [0.15, 0.2) is 0 Å². The molecule has 1 heterocycles. The Hall–Kier alpha value is -2.68. The van der Waals surface area contributed by atoms with Gasteiger partial charge in [0.2, 0.25) is 5.91 Å². The molecule has 3 rings (SSSR count). The minimum absolute atomic E-state index is 0.0899. The maximum Gasteiger partial charge on any atom is 0.264 e. The summed E-state index contributed by atoms with van der Waals surface area (Å²) in [4.78, 5) is 12.8. The molecule has 26 heavy (non-hydrogen) atoms. The average molecular weight is 382 g/mol. The Morgan fingerprint density at radius 2 is 1.92 bits per heavy atom. The van der Waals surface area contributed by atoms with Crippen LogP contribution < -0.4 is 14.4 Å². The summed E-state index contributed by atoms with van der Waals surface area (Å²) in [5.74, 6) is -1.74. The molecule has 0 spiro atoms. The van der Waals surface area contributed by atoms with E-state index in [2.05, 4.69) is 4.72 Å². The van der Waals surface area contributed by atoms with E-state index in [1.54, 1.807) is 0 Å². The predicted molar refractivity (Wildman–Crippen MR) is 91.7 cm³/mol. The Balaban J connectivity index is 1.96. The van der Waals surface area contributed by atoms with Gasteiger partial charge in [0, 0.05) is 19.0 Å². The standard InChI is InChI=1S/C17H16F2N2O4S/c1-25-15-6-5-12(10-14(15)21-8-2-3-17(21)22)20-26(23,24)16-7-4-11(18)9-13(16)19/h4-7,9-10,20H,2-3,8H2,1H3. The molecule has 2 aromatic rings. The van der Waals surface area contributed by atoms with Crippen LogP contribution in [-0.2, 0) is 14.8 Å². The molecule has 6 nitrogen and oxygen atoms in total. The predicted octanol–water partition coefficient (Wildman–Crippen LogP) is 2.90. The number of ether oxygens (including phenoxy) is 1. The van der Waals surface area contributed by atoms with Crippen molar-refractivity contribution in [3.8, 4) is 5.75 Å². The fraction of sp³-hybridized carbons (Fsp3) is 0.235. The van der Waals surface area contributed by atoms with Crippen molar-refractivity contribution in [1.29, 1.82) is 0 Å². The molecule has 0 saturated carbocycles. The van der Waals surface area contributed by atoms with E-state index in [1.165, 1.54) is 30.2 Å². The van der Waals surface area contributed by atoms with Crippen LogP contribution in [0.5, 0.6) is 5.75 Å². The minimum atomic E-state index is -4.27. The summed E-state index contributed by atoms with van der Waals surface area (Å²) in [6.45, 7) is 0.498. The molecule has 1 amide bonds. The van der Waals surface area contributed by atoms with Crippen molar-refractivity contribution in [3.05, 3.63) is 48.0 Å². The van der Waals surface area contributed by atoms with E-state index in [9.17, 15) is 22.0 Å². The number of nitrogens with zero attached hydrogens (tertiary/aromatic N) is 1. The molecule has 1 aliphatic rings. The molecule has 0 unspecified atom stereocenters. The Kier molecular flexibility index (Phi) is 4.82. The lowest BCUT2D eigenvalue weighted by atomic mass is 10.2. The van der Waals surface area contributed by atoms with E-state index in [0.29, 0.717) is 36.9 Å². The molecule has 0 radical (unpaired) electrons. The highest BCUT2D eigenvalue weighted by Crippen LogP contribution is 2.34. The Morgan fingerprint density at radius 3 is 2.54 bits per heavy atom. The fourth-order valence-electron chi connectivity index (χ4n) is 2.77. The second kappa shape index (κ2) is 6.91. The smallest absolute Gasteiger partial charge is 0.264 e. The first-order valence-corrected chi connectivity index (χ1v) is 9.26. The molecule has 0 atom stereocenters. The fourth-order valence-corrected chi connectivity index (χ4v) is 3.88. The second-order valence-electron chi connectivity index (χ2n) is 5.72. The van der Waals surface area contributed by atoms with Crippen molar-refractivity contribution < 1.29 is 26.7 Å². The highest BCUT2D eigenvalue weighted by Gasteiger charge is 2.26. The number of amides is 1. The molecule has 0 aromatic heterocycles. The molecule has 1 aliphatic heterocycles. The van der Waals surface area contributed by atoms with Crippen LogP contribution in [0.15, 0.2) is 41.3 Å². The van der Waals surface area contributed by atoms with Crippen molar-refractivity contribution in [1.82, 2.24) is 0 Å². The van der Waals surface area contributed by atoms with Crippen molar-refractivity contribution in [2.45, 2.75) is 17.7 Å². The molecule has 9 heteroatoms. The van der Waals surface area contributed by atoms with Gasteiger partial charge in [-0.05, 0) is 36.8 Å². The number of methoxy groups -OCH3 is 1. The third kappa shape index (κ3) is 3.48. The monoisotopic (exact) mass is 382 g/mol. The average Bonchev–Trinajstić information content (AvgIpc) is 3.00. The van der Waals surface area contributed by atoms with Crippen LogP contribution in [-0.4, -0.2) is 28.0 Å². The molecule has 0 aliphatic carbocycles. The molecule has 1 N–H and O–H groups in total. The van der Waals surface area contributed by atoms with Crippen molar-refractivity contribution in [2.75, 3.05) is 23.3 Å². The van der Waals surface area contributed by atoms with E-state index in [-0.39, 0.29) is 11.6 Å². The zero-order valence-electron chi connectivity index (χ0n) is 13.8. The summed E-state index contributed by atoms with van der Waals surface area (Å²) >= 11 is 0. The number of nitrogens with one attached hydrogen (secondary N) is 1. The number of hydrogen-bond donors (Lipinski definition) is 1. The molecule has 2 aromatic carbocycles. The number of hydrogen-bond acceptors (Lipinski definition) is 4. The number of halogens is 2. The molecular weight excluding hydrogens is 366 g/mol. The quantitative estimate of drug-likeness (QED) is 0.863. The molecule has 138 valence electrons. The van der Waals surface area contributed by atoms with E-state index >= 15 is 0 Å². The van der Waals surface area contributed by atoms with Crippen molar-refractivity contribution in [2.24, 2.45) is 0 Å². The number of benzene rings is 2. The van der Waals surface area contributed by atoms with Crippen molar-refractivity contribution >= 4 is 27.3 Å². The topological polar surface area (TPSA) is 75.7 Å². The Labute approximate surface area is 149 Å². The van der Waals surface area contributed by atoms with Gasteiger partial charge in [-0.15, -0.1) is 0 Å². The lowest BCUT2D eigenvalue weighted by molar-refractivity contribution is -0.117. The number of anilines is 2. The first-order chi connectivity index (χ1) is 12.3. The van der Waals surface area contributed by atoms with Crippen LogP contribution >= 0.6 is 0 Å². The summed E-state index contributed by atoms with van der Waals surface area (Å²) < 4.78 is 59.1. The number of carbonyl (C=O) groups is 1. The van der Waals surface area contributed by atoms with E-state index in [1.807, 2.05) is 0 Å². The van der Waals surface area contributed by atoms with Crippen LogP contribution in [0.4, 0.5) is 20.2 Å². The van der Waals surface area contributed by atoms with Crippen LogP contribution in [0.1, 0.15) is 12.8 Å². The third-order valence-corrected chi connectivity index (χ3v) is 5.39. The van der Waals surface area contributed by atoms with Gasteiger partial charge in [0.1, 0.15) is 22.3 Å². The normalized spacial score (nSPS) is 14.6. The van der Waals surface area contributed by atoms with Gasteiger partial charge >= 0.3 is 0 Å². The maximum absolute atomic E-state index is 13.8. The van der Waals surface area contributed by atoms with Crippen LogP contribution in [0.25, 0.3) is 0 Å². The van der Waals surface area contributed by atoms with Gasteiger partial charge in [-0.25, -0.2) is 17.2 Å². The largest absolute Gasteiger partial charge is 0.495 e. The van der Waals surface area contributed by atoms with Crippen molar-refractivity contribution in [3.63, 3.8) is 0 Å². The summed E-state index contributed by atoms with van der Waals surface area (Å²) in [5, 5.41) is 0. The van der Waals surface area contributed by atoms with E-state index in [4.69, 9.17) is 4.74 Å². The van der Waals surface area contributed by atoms with Gasteiger partial charge in [-0.2, -0.15) is 0 Å². The Bertz CT molecular complexity index is 963. The van der Waals surface area contributed by atoms with Crippen LogP contribution in [0.3, 0.4) is 0 Å².